The van der Waals surface area contributed by atoms with E-state index in [2.05, 4.69) is 10.3 Å². The lowest BCUT2D eigenvalue weighted by Crippen LogP contribution is -2.23. The van der Waals surface area contributed by atoms with Crippen LogP contribution in [0.5, 0.6) is 0 Å². The molecule has 5 heteroatoms. The smallest absolute Gasteiger partial charge is 0.252 e. The number of amides is 1. The van der Waals surface area contributed by atoms with Gasteiger partial charge in [0.05, 0.1) is 16.8 Å². The molecule has 3 nitrogen and oxygen atoms in total. The van der Waals surface area contributed by atoms with Gasteiger partial charge in [-0.25, -0.2) is 9.37 Å². The molecule has 0 saturated heterocycles. The molecule has 0 aliphatic rings. The minimum Gasteiger partial charge on any atom is -0.348 e. The Morgan fingerprint density at radius 3 is 2.46 bits per heavy atom. The fraction of sp³-hybridized carbons (Fsp3) is 0.0435. The van der Waals surface area contributed by atoms with Crippen LogP contribution in [0.3, 0.4) is 0 Å². The van der Waals surface area contributed by atoms with Crippen molar-refractivity contribution >= 4 is 28.4 Å². The molecule has 0 unspecified atom stereocenters. The molecule has 0 fully saturated rings. The quantitative estimate of drug-likeness (QED) is 0.491. The second-order valence-corrected chi connectivity index (χ2v) is 6.77. The van der Waals surface area contributed by atoms with Gasteiger partial charge in [0.2, 0.25) is 0 Å². The van der Waals surface area contributed by atoms with Crippen LogP contribution in [0.4, 0.5) is 4.39 Å². The summed E-state index contributed by atoms with van der Waals surface area (Å²) >= 11 is 6.32. The van der Waals surface area contributed by atoms with Crippen molar-refractivity contribution in [3.05, 3.63) is 101 Å². The second-order valence-electron chi connectivity index (χ2n) is 6.36. The Morgan fingerprint density at radius 2 is 1.68 bits per heavy atom. The fourth-order valence-electron chi connectivity index (χ4n) is 3.05. The minimum atomic E-state index is -0.306. The third-order valence-corrected chi connectivity index (χ3v) is 4.81. The zero-order valence-electron chi connectivity index (χ0n) is 14.8. The van der Waals surface area contributed by atoms with Crippen molar-refractivity contribution in [3.63, 3.8) is 0 Å². The van der Waals surface area contributed by atoms with Crippen molar-refractivity contribution < 1.29 is 9.18 Å². The van der Waals surface area contributed by atoms with Crippen molar-refractivity contribution in [2.75, 3.05) is 0 Å². The van der Waals surface area contributed by atoms with Crippen LogP contribution in [0.1, 0.15) is 15.9 Å². The lowest BCUT2D eigenvalue weighted by molar-refractivity contribution is 0.0952. The van der Waals surface area contributed by atoms with E-state index in [1.807, 2.05) is 42.5 Å². The maximum absolute atomic E-state index is 13.1. The summed E-state index contributed by atoms with van der Waals surface area (Å²) in [5.74, 6) is -0.532. The van der Waals surface area contributed by atoms with Crippen LogP contribution in [0.25, 0.3) is 22.2 Å². The van der Waals surface area contributed by atoms with E-state index < -0.39 is 0 Å². The van der Waals surface area contributed by atoms with E-state index in [4.69, 9.17) is 11.6 Å². The first-order chi connectivity index (χ1) is 13.6. The van der Waals surface area contributed by atoms with E-state index in [9.17, 15) is 9.18 Å². The molecule has 28 heavy (non-hydrogen) atoms. The predicted octanol–water partition coefficient (Wildman–Crippen LogP) is 5.62. The van der Waals surface area contributed by atoms with Crippen molar-refractivity contribution in [2.24, 2.45) is 0 Å². The number of aromatic nitrogens is 1. The molecule has 1 amide bonds. The number of nitrogens with one attached hydrogen (secondary N) is 1. The number of carbonyl (C=O) groups is 1. The highest BCUT2D eigenvalue weighted by atomic mass is 35.5. The third kappa shape index (κ3) is 3.73. The number of hydrogen-bond acceptors (Lipinski definition) is 2. The summed E-state index contributed by atoms with van der Waals surface area (Å²) in [4.78, 5) is 17.6. The summed E-state index contributed by atoms with van der Waals surface area (Å²) in [5, 5.41) is 4.23. The van der Waals surface area contributed by atoms with Crippen molar-refractivity contribution in [2.45, 2.75) is 6.54 Å². The standard InChI is InChI=1S/C23H16ClFN2O/c24-20-7-3-1-6-18(20)22-13-19(17-5-2-4-8-21(17)27-22)23(28)26-14-15-9-11-16(25)12-10-15/h1-13H,14H2,(H,26,28). The Bertz CT molecular complexity index is 1160. The summed E-state index contributed by atoms with van der Waals surface area (Å²) < 4.78 is 13.1. The number of halogens is 2. The normalized spacial score (nSPS) is 10.8. The highest BCUT2D eigenvalue weighted by molar-refractivity contribution is 6.33. The SMILES string of the molecule is O=C(NCc1ccc(F)cc1)c1cc(-c2ccccc2Cl)nc2ccccc12. The predicted molar refractivity (Wildman–Crippen MR) is 110 cm³/mol. The van der Waals surface area contributed by atoms with E-state index >= 15 is 0 Å². The van der Waals surface area contributed by atoms with Gasteiger partial charge < -0.3 is 5.32 Å². The van der Waals surface area contributed by atoms with Gasteiger partial charge >= 0.3 is 0 Å². The molecule has 0 atom stereocenters. The van der Waals surface area contributed by atoms with Crippen LogP contribution in [-0.2, 0) is 6.54 Å². The Labute approximate surface area is 166 Å². The van der Waals surface area contributed by atoms with E-state index in [-0.39, 0.29) is 11.7 Å². The van der Waals surface area contributed by atoms with Gasteiger partial charge in [-0.1, -0.05) is 60.1 Å². The van der Waals surface area contributed by atoms with Gasteiger partial charge in [-0.05, 0) is 35.9 Å². The summed E-state index contributed by atoms with van der Waals surface area (Å²) in [6.45, 7) is 0.303. The molecule has 0 spiro atoms. The molecule has 4 aromatic rings. The average molecular weight is 391 g/mol. The van der Waals surface area contributed by atoms with Gasteiger partial charge in [0.15, 0.2) is 0 Å². The van der Waals surface area contributed by atoms with Crippen molar-refractivity contribution in [1.82, 2.24) is 10.3 Å². The first kappa shape index (κ1) is 18.1. The number of carbonyl (C=O) groups excluding carboxylic acids is 1. The largest absolute Gasteiger partial charge is 0.348 e. The molecule has 0 aliphatic carbocycles. The van der Waals surface area contributed by atoms with Gasteiger partial charge in [-0.3, -0.25) is 4.79 Å². The van der Waals surface area contributed by atoms with Crippen LogP contribution >= 0.6 is 11.6 Å². The molecular formula is C23H16ClFN2O. The third-order valence-electron chi connectivity index (χ3n) is 4.48. The topological polar surface area (TPSA) is 42.0 Å². The van der Waals surface area contributed by atoms with E-state index in [0.717, 1.165) is 16.5 Å². The molecular weight excluding hydrogens is 375 g/mol. The van der Waals surface area contributed by atoms with E-state index in [0.29, 0.717) is 28.3 Å². The van der Waals surface area contributed by atoms with Crippen molar-refractivity contribution in [3.8, 4) is 11.3 Å². The van der Waals surface area contributed by atoms with Crippen LogP contribution in [-0.4, -0.2) is 10.9 Å². The number of fused-ring (bicyclic) bond motifs is 1. The molecule has 138 valence electrons. The number of hydrogen-bond donors (Lipinski definition) is 1. The molecule has 1 N–H and O–H groups in total. The summed E-state index contributed by atoms with van der Waals surface area (Å²) in [6, 6.07) is 22.7. The average Bonchev–Trinajstić information content (AvgIpc) is 2.72. The zero-order valence-corrected chi connectivity index (χ0v) is 15.6. The molecule has 0 bridgehead atoms. The van der Waals surface area contributed by atoms with Crippen LogP contribution in [0, 0.1) is 5.82 Å². The number of benzene rings is 3. The Kier molecular flexibility index (Phi) is 5.04. The number of nitrogens with zero attached hydrogens (tertiary/aromatic N) is 1. The first-order valence-corrected chi connectivity index (χ1v) is 9.17. The molecule has 4 rings (SSSR count). The van der Waals surface area contributed by atoms with Gasteiger partial charge in [-0.15, -0.1) is 0 Å². The molecule has 1 heterocycles. The van der Waals surface area contributed by atoms with E-state index in [1.165, 1.54) is 12.1 Å². The lowest BCUT2D eigenvalue weighted by Gasteiger charge is -2.11. The maximum Gasteiger partial charge on any atom is 0.252 e. The van der Waals surface area contributed by atoms with E-state index in [1.54, 1.807) is 24.3 Å². The molecule has 0 aliphatic heterocycles. The van der Waals surface area contributed by atoms with Gasteiger partial charge in [0.1, 0.15) is 5.82 Å². The minimum absolute atomic E-state index is 0.226. The number of para-hydroxylation sites is 1. The summed E-state index contributed by atoms with van der Waals surface area (Å²) in [5.41, 5.74) is 3.45. The van der Waals surface area contributed by atoms with Gasteiger partial charge in [0, 0.05) is 22.5 Å². The highest BCUT2D eigenvalue weighted by Gasteiger charge is 2.15. The summed E-state index contributed by atoms with van der Waals surface area (Å²) in [7, 11) is 0. The molecule has 0 saturated carbocycles. The highest BCUT2D eigenvalue weighted by Crippen LogP contribution is 2.29. The van der Waals surface area contributed by atoms with Gasteiger partial charge in [0.25, 0.3) is 5.91 Å². The Hall–Kier alpha value is -3.24. The monoisotopic (exact) mass is 390 g/mol. The summed E-state index contributed by atoms with van der Waals surface area (Å²) in [6.07, 6.45) is 0. The van der Waals surface area contributed by atoms with Crippen LogP contribution in [0.15, 0.2) is 78.9 Å². The Balaban J connectivity index is 1.71. The Morgan fingerprint density at radius 1 is 0.964 bits per heavy atom. The lowest BCUT2D eigenvalue weighted by atomic mass is 10.0. The molecule has 0 radical (unpaired) electrons. The zero-order chi connectivity index (χ0) is 19.5. The second kappa shape index (κ2) is 7.79. The first-order valence-electron chi connectivity index (χ1n) is 8.79. The van der Waals surface area contributed by atoms with Crippen LogP contribution in [0.2, 0.25) is 5.02 Å². The number of pyridine rings is 1. The van der Waals surface area contributed by atoms with Gasteiger partial charge in [-0.2, -0.15) is 0 Å². The maximum atomic E-state index is 13.1. The number of rotatable bonds is 4. The molecule has 3 aromatic carbocycles. The van der Waals surface area contributed by atoms with Crippen molar-refractivity contribution in [1.29, 1.82) is 0 Å². The molecule has 1 aromatic heterocycles. The van der Waals surface area contributed by atoms with Crippen LogP contribution < -0.4 is 5.32 Å². The fourth-order valence-corrected chi connectivity index (χ4v) is 3.28.